The van der Waals surface area contributed by atoms with Crippen LogP contribution in [0.4, 0.5) is 0 Å². The predicted molar refractivity (Wildman–Crippen MR) is 68.8 cm³/mol. The molecule has 0 saturated heterocycles. The van der Waals surface area contributed by atoms with Gasteiger partial charge in [0.15, 0.2) is 0 Å². The van der Waals surface area contributed by atoms with E-state index >= 15 is 0 Å². The molecule has 0 saturated carbocycles. The standard InChI is InChI=1S/C10H22BrNO2S/c1-4-10(5-6-11)7-12-15(13,14)8-9(2)3/h9-10,12H,4-8H2,1-3H3. The van der Waals surface area contributed by atoms with E-state index in [2.05, 4.69) is 27.6 Å². The molecule has 0 rings (SSSR count). The normalized spacial score (nSPS) is 14.5. The van der Waals surface area contributed by atoms with Gasteiger partial charge in [0.25, 0.3) is 0 Å². The Hall–Kier alpha value is 0.390. The third-order valence-electron chi connectivity index (χ3n) is 2.24. The van der Waals surface area contributed by atoms with Gasteiger partial charge in [-0.3, -0.25) is 0 Å². The van der Waals surface area contributed by atoms with Gasteiger partial charge in [-0.05, 0) is 18.3 Å². The minimum atomic E-state index is -3.07. The highest BCUT2D eigenvalue weighted by atomic mass is 79.9. The first-order chi connectivity index (χ1) is 6.91. The SMILES string of the molecule is CCC(CCBr)CNS(=O)(=O)CC(C)C. The molecule has 92 valence electrons. The maximum absolute atomic E-state index is 11.5. The molecule has 0 aromatic rings. The molecule has 1 N–H and O–H groups in total. The molecule has 0 aliphatic rings. The van der Waals surface area contributed by atoms with Crippen molar-refractivity contribution >= 4 is 26.0 Å². The third-order valence-corrected chi connectivity index (χ3v) is 4.41. The van der Waals surface area contributed by atoms with Crippen molar-refractivity contribution in [3.05, 3.63) is 0 Å². The molecule has 15 heavy (non-hydrogen) atoms. The summed E-state index contributed by atoms with van der Waals surface area (Å²) >= 11 is 3.37. The largest absolute Gasteiger partial charge is 0.215 e. The number of rotatable bonds is 8. The molecule has 0 aromatic carbocycles. The predicted octanol–water partition coefficient (Wildman–Crippen LogP) is 2.37. The Bertz CT molecular complexity index is 252. The third kappa shape index (κ3) is 8.22. The fourth-order valence-corrected chi connectivity index (χ4v) is 3.48. The molecule has 0 bridgehead atoms. The zero-order valence-corrected chi connectivity index (χ0v) is 12.2. The maximum atomic E-state index is 11.5. The lowest BCUT2D eigenvalue weighted by molar-refractivity contribution is 0.481. The second-order valence-corrected chi connectivity index (χ2v) is 6.92. The lowest BCUT2D eigenvalue weighted by atomic mass is 10.0. The van der Waals surface area contributed by atoms with Gasteiger partial charge >= 0.3 is 0 Å². The first-order valence-electron chi connectivity index (χ1n) is 5.44. The molecule has 0 aliphatic carbocycles. The first kappa shape index (κ1) is 15.4. The summed E-state index contributed by atoms with van der Waals surface area (Å²) in [5, 5.41) is 0.928. The van der Waals surface area contributed by atoms with Crippen molar-refractivity contribution in [2.75, 3.05) is 17.6 Å². The van der Waals surface area contributed by atoms with E-state index in [4.69, 9.17) is 0 Å². The summed E-state index contributed by atoms with van der Waals surface area (Å²) in [6.07, 6.45) is 2.02. The van der Waals surface area contributed by atoms with Crippen LogP contribution < -0.4 is 4.72 Å². The van der Waals surface area contributed by atoms with E-state index in [-0.39, 0.29) is 11.7 Å². The summed E-state index contributed by atoms with van der Waals surface area (Å²) in [6, 6.07) is 0. The van der Waals surface area contributed by atoms with E-state index in [1.165, 1.54) is 0 Å². The Morgan fingerprint density at radius 1 is 1.33 bits per heavy atom. The van der Waals surface area contributed by atoms with Crippen LogP contribution in [0, 0.1) is 11.8 Å². The number of nitrogens with one attached hydrogen (secondary N) is 1. The van der Waals surface area contributed by atoms with Gasteiger partial charge in [-0.2, -0.15) is 0 Å². The molecule has 0 fully saturated rings. The van der Waals surface area contributed by atoms with Gasteiger partial charge in [0.1, 0.15) is 0 Å². The van der Waals surface area contributed by atoms with Crippen molar-refractivity contribution in [3.63, 3.8) is 0 Å². The van der Waals surface area contributed by atoms with E-state index in [1.54, 1.807) is 0 Å². The molecule has 0 radical (unpaired) electrons. The first-order valence-corrected chi connectivity index (χ1v) is 8.22. The average molecular weight is 300 g/mol. The minimum Gasteiger partial charge on any atom is -0.215 e. The van der Waals surface area contributed by atoms with Crippen LogP contribution in [0.15, 0.2) is 0 Å². The molecular weight excluding hydrogens is 278 g/mol. The quantitative estimate of drug-likeness (QED) is 0.700. The Labute approximate surface area is 102 Å². The average Bonchev–Trinajstić information content (AvgIpc) is 2.10. The zero-order chi connectivity index (χ0) is 11.9. The number of alkyl halides is 1. The van der Waals surface area contributed by atoms with Gasteiger partial charge in [0.05, 0.1) is 5.75 Å². The van der Waals surface area contributed by atoms with Crippen molar-refractivity contribution in [2.45, 2.75) is 33.6 Å². The van der Waals surface area contributed by atoms with Gasteiger partial charge in [-0.15, -0.1) is 0 Å². The van der Waals surface area contributed by atoms with Gasteiger partial charge in [0.2, 0.25) is 10.0 Å². The molecule has 5 heteroatoms. The summed E-state index contributed by atoms with van der Waals surface area (Å²) in [5.41, 5.74) is 0. The van der Waals surface area contributed by atoms with Crippen molar-refractivity contribution in [1.29, 1.82) is 0 Å². The fraction of sp³-hybridized carbons (Fsp3) is 1.00. The smallest absolute Gasteiger partial charge is 0.211 e. The van der Waals surface area contributed by atoms with Gasteiger partial charge in [-0.25, -0.2) is 13.1 Å². The Balaban J connectivity index is 4.01. The Morgan fingerprint density at radius 3 is 2.33 bits per heavy atom. The van der Waals surface area contributed by atoms with Crippen LogP contribution in [-0.2, 0) is 10.0 Å². The zero-order valence-electron chi connectivity index (χ0n) is 9.79. The summed E-state index contributed by atoms with van der Waals surface area (Å²) < 4.78 is 25.8. The lowest BCUT2D eigenvalue weighted by Gasteiger charge is -2.15. The molecule has 0 heterocycles. The van der Waals surface area contributed by atoms with Crippen molar-refractivity contribution in [2.24, 2.45) is 11.8 Å². The van der Waals surface area contributed by atoms with Crippen LogP contribution in [0.2, 0.25) is 0 Å². The molecule has 3 nitrogen and oxygen atoms in total. The van der Waals surface area contributed by atoms with Crippen molar-refractivity contribution in [1.82, 2.24) is 4.72 Å². The van der Waals surface area contributed by atoms with Crippen LogP contribution in [0.1, 0.15) is 33.6 Å². The molecule has 0 aliphatic heterocycles. The molecule has 0 amide bonds. The second-order valence-electron chi connectivity index (χ2n) is 4.28. The van der Waals surface area contributed by atoms with Crippen LogP contribution in [0.25, 0.3) is 0 Å². The second kappa shape index (κ2) is 7.63. The van der Waals surface area contributed by atoms with E-state index in [0.717, 1.165) is 18.2 Å². The Kier molecular flexibility index (Phi) is 7.83. The maximum Gasteiger partial charge on any atom is 0.211 e. The monoisotopic (exact) mass is 299 g/mol. The van der Waals surface area contributed by atoms with Gasteiger partial charge in [0, 0.05) is 11.9 Å². The lowest BCUT2D eigenvalue weighted by Crippen LogP contribution is -2.32. The number of sulfonamides is 1. The molecule has 0 aromatic heterocycles. The molecule has 0 spiro atoms. The number of hydrogen-bond acceptors (Lipinski definition) is 2. The number of hydrogen-bond donors (Lipinski definition) is 1. The van der Waals surface area contributed by atoms with E-state index < -0.39 is 10.0 Å². The fourth-order valence-electron chi connectivity index (χ4n) is 1.35. The topological polar surface area (TPSA) is 46.2 Å². The van der Waals surface area contributed by atoms with E-state index in [0.29, 0.717) is 12.5 Å². The van der Waals surface area contributed by atoms with Gasteiger partial charge < -0.3 is 0 Å². The Morgan fingerprint density at radius 2 is 1.93 bits per heavy atom. The highest BCUT2D eigenvalue weighted by molar-refractivity contribution is 9.09. The van der Waals surface area contributed by atoms with Crippen molar-refractivity contribution < 1.29 is 8.42 Å². The molecular formula is C10H22BrNO2S. The highest BCUT2D eigenvalue weighted by Crippen LogP contribution is 2.09. The summed E-state index contributed by atoms with van der Waals surface area (Å²) in [4.78, 5) is 0. The van der Waals surface area contributed by atoms with Crippen LogP contribution in [0.3, 0.4) is 0 Å². The van der Waals surface area contributed by atoms with Crippen LogP contribution >= 0.6 is 15.9 Å². The minimum absolute atomic E-state index is 0.179. The summed E-state index contributed by atoms with van der Waals surface area (Å²) in [5.74, 6) is 0.836. The summed E-state index contributed by atoms with van der Waals surface area (Å²) in [6.45, 7) is 6.48. The van der Waals surface area contributed by atoms with E-state index in [9.17, 15) is 8.42 Å². The van der Waals surface area contributed by atoms with E-state index in [1.807, 2.05) is 13.8 Å². The number of halogens is 1. The van der Waals surface area contributed by atoms with Crippen molar-refractivity contribution in [3.8, 4) is 0 Å². The van der Waals surface area contributed by atoms with Crippen LogP contribution in [-0.4, -0.2) is 26.0 Å². The molecule has 1 atom stereocenters. The van der Waals surface area contributed by atoms with Gasteiger partial charge in [-0.1, -0.05) is 43.1 Å². The summed E-state index contributed by atoms with van der Waals surface area (Å²) in [7, 11) is -3.07. The van der Waals surface area contributed by atoms with Crippen LogP contribution in [0.5, 0.6) is 0 Å². The molecule has 1 unspecified atom stereocenters. The highest BCUT2D eigenvalue weighted by Gasteiger charge is 2.14.